The molecule has 2 heterocycles. The molecule has 23 heavy (non-hydrogen) atoms. The van der Waals surface area contributed by atoms with Crippen molar-refractivity contribution in [1.82, 2.24) is 4.57 Å². The molecule has 2 nitrogen and oxygen atoms in total. The largest absolute Gasteiger partial charge is 0.313 e. The Bertz CT molecular complexity index is 827. The second kappa shape index (κ2) is 7.23. The Morgan fingerprint density at radius 3 is 2.52 bits per heavy atom. The summed E-state index contributed by atoms with van der Waals surface area (Å²) in [7, 11) is 0. The summed E-state index contributed by atoms with van der Waals surface area (Å²) in [4.78, 5) is 6.68. The molecule has 0 aliphatic rings. The van der Waals surface area contributed by atoms with Gasteiger partial charge < -0.3 is 4.57 Å². The highest BCUT2D eigenvalue weighted by atomic mass is 32.1. The van der Waals surface area contributed by atoms with Crippen molar-refractivity contribution in [2.24, 2.45) is 4.99 Å². The van der Waals surface area contributed by atoms with E-state index in [1.807, 2.05) is 6.07 Å². The summed E-state index contributed by atoms with van der Waals surface area (Å²) in [6, 6.07) is 11.2. The van der Waals surface area contributed by atoms with Crippen LogP contribution in [0.15, 0.2) is 52.2 Å². The van der Waals surface area contributed by atoms with E-state index < -0.39 is 0 Å². The van der Waals surface area contributed by atoms with Crippen LogP contribution in [-0.4, -0.2) is 4.57 Å². The number of hydrogen-bond donors (Lipinski definition) is 0. The van der Waals surface area contributed by atoms with Crippen molar-refractivity contribution in [3.05, 3.63) is 57.8 Å². The summed E-state index contributed by atoms with van der Waals surface area (Å²) in [5.74, 6) is -0.283. The number of benzene rings is 1. The number of halogens is 1. The van der Waals surface area contributed by atoms with E-state index in [9.17, 15) is 4.39 Å². The van der Waals surface area contributed by atoms with Crippen LogP contribution in [0.25, 0.3) is 10.6 Å². The minimum absolute atomic E-state index is 0.283. The van der Waals surface area contributed by atoms with Gasteiger partial charge in [0.15, 0.2) is 4.80 Å². The molecule has 1 aromatic carbocycles. The van der Waals surface area contributed by atoms with Crippen LogP contribution in [0, 0.1) is 5.82 Å². The molecule has 0 aliphatic carbocycles. The zero-order valence-corrected chi connectivity index (χ0v) is 14.8. The SMILES string of the molecule is CCC(CC)n1c(-c2cccs2)csc1=Nc1ccccc1F. The lowest BCUT2D eigenvalue weighted by molar-refractivity contribution is 0.466. The Labute approximate surface area is 143 Å². The summed E-state index contributed by atoms with van der Waals surface area (Å²) in [6.07, 6.45) is 2.05. The van der Waals surface area contributed by atoms with Crippen molar-refractivity contribution in [3.8, 4) is 10.6 Å². The fourth-order valence-electron chi connectivity index (χ4n) is 2.66. The highest BCUT2D eigenvalue weighted by Gasteiger charge is 2.15. The highest BCUT2D eigenvalue weighted by Crippen LogP contribution is 2.30. The second-order valence-corrected chi connectivity index (χ2v) is 7.07. The molecule has 0 atom stereocenters. The first kappa shape index (κ1) is 16.1. The van der Waals surface area contributed by atoms with Gasteiger partial charge in [-0.1, -0.05) is 32.0 Å². The predicted molar refractivity (Wildman–Crippen MR) is 96.9 cm³/mol. The lowest BCUT2D eigenvalue weighted by atomic mass is 10.1. The number of hydrogen-bond acceptors (Lipinski definition) is 3. The molecular weight excluding hydrogens is 327 g/mol. The molecule has 0 amide bonds. The Morgan fingerprint density at radius 1 is 1.09 bits per heavy atom. The van der Waals surface area contributed by atoms with Crippen LogP contribution in [0.2, 0.25) is 0 Å². The summed E-state index contributed by atoms with van der Waals surface area (Å²) in [5.41, 5.74) is 1.57. The van der Waals surface area contributed by atoms with Gasteiger partial charge in [-0.15, -0.1) is 22.7 Å². The summed E-state index contributed by atoms with van der Waals surface area (Å²) < 4.78 is 16.2. The van der Waals surface area contributed by atoms with Gasteiger partial charge in [0, 0.05) is 11.4 Å². The minimum atomic E-state index is -0.283. The maximum absolute atomic E-state index is 14.0. The number of nitrogens with zero attached hydrogens (tertiary/aromatic N) is 2. The first-order chi connectivity index (χ1) is 11.2. The lowest BCUT2D eigenvalue weighted by Gasteiger charge is -2.17. The monoisotopic (exact) mass is 346 g/mol. The molecule has 0 N–H and O–H groups in total. The third-order valence-electron chi connectivity index (χ3n) is 3.89. The molecule has 0 spiro atoms. The number of para-hydroxylation sites is 1. The third kappa shape index (κ3) is 3.31. The summed E-state index contributed by atoms with van der Waals surface area (Å²) >= 11 is 3.29. The normalized spacial score (nSPS) is 12.3. The van der Waals surface area contributed by atoms with Crippen LogP contribution in [0.1, 0.15) is 32.7 Å². The maximum Gasteiger partial charge on any atom is 0.190 e. The van der Waals surface area contributed by atoms with Crippen molar-refractivity contribution in [1.29, 1.82) is 0 Å². The summed E-state index contributed by atoms with van der Waals surface area (Å²) in [5, 5.41) is 4.21. The van der Waals surface area contributed by atoms with Crippen molar-refractivity contribution >= 4 is 28.4 Å². The standard InChI is InChI=1S/C18H19FN2S2/c1-3-13(4-2)21-16(17-10-7-11-22-17)12-23-18(21)20-15-9-6-5-8-14(15)19/h5-13H,3-4H2,1-2H3. The van der Waals surface area contributed by atoms with Gasteiger partial charge in [-0.3, -0.25) is 0 Å². The average molecular weight is 346 g/mol. The van der Waals surface area contributed by atoms with Crippen LogP contribution in [0.5, 0.6) is 0 Å². The fourth-order valence-corrected chi connectivity index (χ4v) is 4.44. The molecule has 0 fully saturated rings. The van der Waals surface area contributed by atoms with Gasteiger partial charge in [-0.2, -0.15) is 0 Å². The van der Waals surface area contributed by atoms with Gasteiger partial charge in [0.1, 0.15) is 11.5 Å². The Hall–Kier alpha value is -1.72. The quantitative estimate of drug-likeness (QED) is 0.538. The Balaban J connectivity index is 2.20. The number of rotatable bonds is 5. The number of thiophene rings is 1. The van der Waals surface area contributed by atoms with E-state index in [1.54, 1.807) is 34.8 Å². The third-order valence-corrected chi connectivity index (χ3v) is 5.62. The van der Waals surface area contributed by atoms with E-state index in [1.165, 1.54) is 16.6 Å². The summed E-state index contributed by atoms with van der Waals surface area (Å²) in [6.45, 7) is 4.37. The van der Waals surface area contributed by atoms with Gasteiger partial charge in [0.2, 0.25) is 0 Å². The zero-order chi connectivity index (χ0) is 16.2. The molecular formula is C18H19FN2S2. The van der Waals surface area contributed by atoms with Gasteiger partial charge in [0.05, 0.1) is 10.6 Å². The van der Waals surface area contributed by atoms with Crippen molar-refractivity contribution < 1.29 is 4.39 Å². The van der Waals surface area contributed by atoms with E-state index in [-0.39, 0.29) is 5.82 Å². The molecule has 0 bridgehead atoms. The molecule has 120 valence electrons. The predicted octanol–water partition coefficient (Wildman–Crippen LogP) is 6.01. The molecule has 0 saturated carbocycles. The van der Waals surface area contributed by atoms with Gasteiger partial charge in [-0.05, 0) is 36.4 Å². The van der Waals surface area contributed by atoms with E-state index in [0.717, 1.165) is 17.6 Å². The molecule has 2 aromatic heterocycles. The molecule has 5 heteroatoms. The second-order valence-electron chi connectivity index (χ2n) is 5.28. The van der Waals surface area contributed by atoms with Crippen LogP contribution in [0.4, 0.5) is 10.1 Å². The molecule has 0 unspecified atom stereocenters. The van der Waals surface area contributed by atoms with Crippen LogP contribution in [0.3, 0.4) is 0 Å². The van der Waals surface area contributed by atoms with Crippen LogP contribution < -0.4 is 4.80 Å². The van der Waals surface area contributed by atoms with E-state index >= 15 is 0 Å². The number of aromatic nitrogens is 1. The van der Waals surface area contributed by atoms with E-state index in [4.69, 9.17) is 0 Å². The lowest BCUT2D eigenvalue weighted by Crippen LogP contribution is -2.20. The molecule has 0 radical (unpaired) electrons. The average Bonchev–Trinajstić information content (AvgIpc) is 3.21. The Kier molecular flexibility index (Phi) is 5.08. The van der Waals surface area contributed by atoms with Crippen LogP contribution in [-0.2, 0) is 0 Å². The molecule has 3 aromatic rings. The van der Waals surface area contributed by atoms with Crippen molar-refractivity contribution in [2.75, 3.05) is 0 Å². The van der Waals surface area contributed by atoms with Gasteiger partial charge >= 0.3 is 0 Å². The fraction of sp³-hybridized carbons (Fsp3) is 0.278. The molecule has 3 rings (SSSR count). The topological polar surface area (TPSA) is 17.3 Å². The number of thiazole rings is 1. The smallest absolute Gasteiger partial charge is 0.190 e. The van der Waals surface area contributed by atoms with Crippen molar-refractivity contribution in [2.45, 2.75) is 32.7 Å². The van der Waals surface area contributed by atoms with E-state index in [0.29, 0.717) is 11.7 Å². The van der Waals surface area contributed by atoms with Gasteiger partial charge in [-0.25, -0.2) is 9.38 Å². The van der Waals surface area contributed by atoms with Gasteiger partial charge in [0.25, 0.3) is 0 Å². The minimum Gasteiger partial charge on any atom is -0.313 e. The maximum atomic E-state index is 14.0. The molecule has 0 aliphatic heterocycles. The first-order valence-electron chi connectivity index (χ1n) is 7.77. The van der Waals surface area contributed by atoms with Crippen molar-refractivity contribution in [3.63, 3.8) is 0 Å². The Morgan fingerprint density at radius 2 is 1.87 bits per heavy atom. The van der Waals surface area contributed by atoms with E-state index in [2.05, 4.69) is 46.3 Å². The molecule has 0 saturated heterocycles. The van der Waals surface area contributed by atoms with Crippen LogP contribution >= 0.6 is 22.7 Å². The highest BCUT2D eigenvalue weighted by molar-refractivity contribution is 7.14. The zero-order valence-electron chi connectivity index (χ0n) is 13.2. The first-order valence-corrected chi connectivity index (χ1v) is 9.53.